The molecular formula is C59H53N. The maximum absolute atomic E-state index is 2.80. The molecule has 6 aliphatic rings. The van der Waals surface area contributed by atoms with Crippen LogP contribution in [0.15, 0.2) is 174 Å². The number of anilines is 1. The summed E-state index contributed by atoms with van der Waals surface area (Å²) in [6.07, 6.45) is 16.7. The van der Waals surface area contributed by atoms with Gasteiger partial charge in [-0.05, 0) is 127 Å². The highest BCUT2D eigenvalue weighted by atomic mass is 15.2. The highest BCUT2D eigenvalue weighted by Gasteiger charge is 2.57. The summed E-state index contributed by atoms with van der Waals surface area (Å²) in [5.41, 5.74) is 23.8. The van der Waals surface area contributed by atoms with Gasteiger partial charge in [0.2, 0.25) is 0 Å². The zero-order valence-corrected chi connectivity index (χ0v) is 35.9. The molecule has 0 fully saturated rings. The van der Waals surface area contributed by atoms with Gasteiger partial charge in [0.15, 0.2) is 0 Å². The summed E-state index contributed by atoms with van der Waals surface area (Å²) in [6.45, 7) is 15.1. The van der Waals surface area contributed by atoms with Crippen molar-refractivity contribution in [2.45, 2.75) is 84.0 Å². The number of fused-ring (bicyclic) bond motifs is 2. The lowest BCUT2D eigenvalue weighted by atomic mass is 9.54. The topological polar surface area (TPSA) is 3.24 Å². The van der Waals surface area contributed by atoms with Gasteiger partial charge in [0.05, 0.1) is 5.69 Å². The minimum atomic E-state index is -0.199. The molecule has 3 heterocycles. The quantitative estimate of drug-likeness (QED) is 0.172. The van der Waals surface area contributed by atoms with Crippen molar-refractivity contribution in [3.05, 3.63) is 202 Å². The summed E-state index contributed by atoms with van der Waals surface area (Å²) in [5, 5.41) is 2.58. The Balaban J connectivity index is 1.01. The molecule has 0 amide bonds. The lowest BCUT2D eigenvalue weighted by Gasteiger charge is -2.61. The molecule has 12 rings (SSSR count). The Hall–Kier alpha value is -5.92. The summed E-state index contributed by atoms with van der Waals surface area (Å²) in [5.74, 6) is 0.704. The summed E-state index contributed by atoms with van der Waals surface area (Å²) in [6, 6.07) is 46.4. The maximum atomic E-state index is 2.80. The van der Waals surface area contributed by atoms with Crippen molar-refractivity contribution >= 4 is 22.5 Å². The highest BCUT2D eigenvalue weighted by molar-refractivity contribution is 5.97. The van der Waals surface area contributed by atoms with Crippen LogP contribution in [-0.4, -0.2) is 0 Å². The van der Waals surface area contributed by atoms with Crippen LogP contribution in [0.25, 0.3) is 50.2 Å². The van der Waals surface area contributed by atoms with Gasteiger partial charge < -0.3 is 4.90 Å². The van der Waals surface area contributed by atoms with Crippen molar-refractivity contribution in [3.8, 4) is 33.4 Å². The third-order valence-electron chi connectivity index (χ3n) is 15.8. The molecule has 0 saturated heterocycles. The second kappa shape index (κ2) is 12.6. The summed E-state index contributed by atoms with van der Waals surface area (Å²) < 4.78 is 0. The Morgan fingerprint density at radius 3 is 2.15 bits per heavy atom. The summed E-state index contributed by atoms with van der Waals surface area (Å²) in [4.78, 5) is 2.80. The van der Waals surface area contributed by atoms with Crippen LogP contribution in [0.2, 0.25) is 0 Å². The molecule has 6 aromatic rings. The largest absolute Gasteiger partial charge is 0.313 e. The molecule has 0 bridgehead atoms. The lowest BCUT2D eigenvalue weighted by Crippen LogP contribution is -2.53. The SMILES string of the molecule is CC1(C)C2=C3C(CC=C2)C(C)(C)c2cc(-c4ccc(-c5cccc6ccccc56)cc4)cc4c2N3C2=C1CC(c1ccc(-c3cccc5c3C=CCC5)cc1)C=C2C4(C)C. The third-order valence-corrected chi connectivity index (χ3v) is 15.8. The molecule has 294 valence electrons. The Labute approximate surface area is 356 Å². The number of hydrogen-bond acceptors (Lipinski definition) is 1. The molecule has 0 radical (unpaired) electrons. The predicted molar refractivity (Wildman–Crippen MR) is 253 cm³/mol. The maximum Gasteiger partial charge on any atom is 0.0537 e. The molecule has 0 saturated carbocycles. The van der Waals surface area contributed by atoms with Gasteiger partial charge in [0.25, 0.3) is 0 Å². The van der Waals surface area contributed by atoms with E-state index in [1.807, 2.05) is 0 Å². The van der Waals surface area contributed by atoms with Gasteiger partial charge in [-0.25, -0.2) is 0 Å². The first-order valence-electron chi connectivity index (χ1n) is 22.4. The Kier molecular flexibility index (Phi) is 7.53. The number of hydrogen-bond donors (Lipinski definition) is 0. The van der Waals surface area contributed by atoms with Crippen molar-refractivity contribution in [3.63, 3.8) is 0 Å². The van der Waals surface area contributed by atoms with Gasteiger partial charge in [-0.15, -0.1) is 0 Å². The van der Waals surface area contributed by atoms with Crippen molar-refractivity contribution < 1.29 is 0 Å². The minimum absolute atomic E-state index is 0.0387. The van der Waals surface area contributed by atoms with E-state index in [9.17, 15) is 0 Å². The number of aryl methyl sites for hydroxylation is 1. The number of rotatable bonds is 4. The van der Waals surface area contributed by atoms with Crippen LogP contribution in [0.3, 0.4) is 0 Å². The molecule has 1 heteroatoms. The molecule has 0 spiro atoms. The van der Waals surface area contributed by atoms with Gasteiger partial charge >= 0.3 is 0 Å². The minimum Gasteiger partial charge on any atom is -0.313 e. The highest BCUT2D eigenvalue weighted by Crippen LogP contribution is 2.67. The smallest absolute Gasteiger partial charge is 0.0537 e. The van der Waals surface area contributed by atoms with E-state index < -0.39 is 0 Å². The van der Waals surface area contributed by atoms with Gasteiger partial charge in [-0.1, -0.05) is 181 Å². The lowest BCUT2D eigenvalue weighted by molar-refractivity contribution is 0.323. The van der Waals surface area contributed by atoms with Crippen LogP contribution >= 0.6 is 0 Å². The molecule has 0 N–H and O–H groups in total. The van der Waals surface area contributed by atoms with Crippen molar-refractivity contribution in [2.75, 3.05) is 4.90 Å². The van der Waals surface area contributed by atoms with Crippen LogP contribution in [0.5, 0.6) is 0 Å². The first-order chi connectivity index (χ1) is 29.0. The van der Waals surface area contributed by atoms with E-state index in [-0.39, 0.29) is 16.2 Å². The van der Waals surface area contributed by atoms with Gasteiger partial charge in [0, 0.05) is 39.5 Å². The average Bonchev–Trinajstić information content (AvgIpc) is 3.27. The first kappa shape index (κ1) is 36.0. The predicted octanol–water partition coefficient (Wildman–Crippen LogP) is 15.4. The molecule has 2 unspecified atom stereocenters. The fourth-order valence-corrected chi connectivity index (χ4v) is 12.3. The van der Waals surface area contributed by atoms with Gasteiger partial charge in [0.1, 0.15) is 0 Å². The van der Waals surface area contributed by atoms with E-state index >= 15 is 0 Å². The van der Waals surface area contributed by atoms with E-state index in [4.69, 9.17) is 0 Å². The Morgan fingerprint density at radius 2 is 1.32 bits per heavy atom. The average molecular weight is 776 g/mol. The molecule has 6 aromatic carbocycles. The van der Waals surface area contributed by atoms with Gasteiger partial charge in [-0.2, -0.15) is 0 Å². The molecular weight excluding hydrogens is 723 g/mol. The Morgan fingerprint density at radius 1 is 0.617 bits per heavy atom. The van der Waals surface area contributed by atoms with Crippen LogP contribution in [0, 0.1) is 11.3 Å². The monoisotopic (exact) mass is 775 g/mol. The standard InChI is InChI=1S/C59H53N/c1-57(2)48-22-13-23-49-54(48)60-55-50(57)32-42(36-24-28-40(29-25-36)46-20-11-16-38-14-7-9-18-44(38)46)34-52(55)59(5,6)53-35-43(33-51(56(53)60)58(49,3)4)37-26-30-41(31-27-37)47-21-12-17-39-15-8-10-19-45(39)47/h7,9-14,16-21,23-32,34-35,43,48H,8,15,22,33H2,1-6H3. The Bertz CT molecular complexity index is 2980. The molecule has 3 aliphatic heterocycles. The van der Waals surface area contributed by atoms with E-state index in [0.29, 0.717) is 11.8 Å². The first-order valence-corrected chi connectivity index (χ1v) is 22.4. The molecule has 3 aliphatic carbocycles. The molecule has 60 heavy (non-hydrogen) atoms. The summed E-state index contributed by atoms with van der Waals surface area (Å²) in [7, 11) is 0. The van der Waals surface area contributed by atoms with E-state index in [1.54, 1.807) is 11.3 Å². The second-order valence-electron chi connectivity index (χ2n) is 20.0. The molecule has 0 aromatic heterocycles. The number of benzene rings is 6. The number of nitrogens with zero attached hydrogens (tertiary/aromatic N) is 1. The van der Waals surface area contributed by atoms with Crippen molar-refractivity contribution in [1.82, 2.24) is 0 Å². The molecule has 1 nitrogen and oxygen atoms in total. The van der Waals surface area contributed by atoms with Crippen LogP contribution in [0.1, 0.15) is 94.5 Å². The summed E-state index contributed by atoms with van der Waals surface area (Å²) >= 11 is 0. The second-order valence-corrected chi connectivity index (χ2v) is 20.0. The molecule has 2 atom stereocenters. The van der Waals surface area contributed by atoms with Crippen molar-refractivity contribution in [1.29, 1.82) is 0 Å². The van der Waals surface area contributed by atoms with E-state index in [2.05, 4.69) is 198 Å². The van der Waals surface area contributed by atoms with Crippen LogP contribution < -0.4 is 4.90 Å². The normalized spacial score (nSPS) is 22.1. The van der Waals surface area contributed by atoms with Crippen LogP contribution in [-0.2, 0) is 17.3 Å². The third kappa shape index (κ3) is 4.93. The fraction of sp³-hybridized carbons (Fsp3) is 0.254. The zero-order valence-electron chi connectivity index (χ0n) is 35.9. The number of allylic oxidation sites excluding steroid dienone is 8. The zero-order chi connectivity index (χ0) is 40.7. The van der Waals surface area contributed by atoms with Gasteiger partial charge in [-0.3, -0.25) is 0 Å². The van der Waals surface area contributed by atoms with E-state index in [0.717, 1.165) is 25.7 Å². The van der Waals surface area contributed by atoms with Crippen LogP contribution in [0.4, 0.5) is 5.69 Å². The van der Waals surface area contributed by atoms with E-state index in [1.165, 1.54) is 94.5 Å². The fourth-order valence-electron chi connectivity index (χ4n) is 12.3. The van der Waals surface area contributed by atoms with Crippen molar-refractivity contribution in [2.24, 2.45) is 11.3 Å².